The lowest BCUT2D eigenvalue weighted by Crippen LogP contribution is -2.58. The van der Waals surface area contributed by atoms with E-state index in [4.69, 9.17) is 22.9 Å². The van der Waals surface area contributed by atoms with Gasteiger partial charge in [-0.1, -0.05) is 54.6 Å². The third-order valence-electron chi connectivity index (χ3n) is 8.95. The predicted molar refractivity (Wildman–Crippen MR) is 205 cm³/mol. The molecule has 3 aromatic rings. The fourth-order valence-corrected chi connectivity index (χ4v) is 6.08. The molecule has 0 spiro atoms. The van der Waals surface area contributed by atoms with Crippen LogP contribution in [0.25, 0.3) is 10.8 Å². The molecule has 5 amide bonds. The van der Waals surface area contributed by atoms with Gasteiger partial charge in [0.15, 0.2) is 11.9 Å². The number of fused-ring (bicyclic) bond motifs is 1. The SMILES string of the molecule is CN1C(=O)[C@@H](CCCN=C(N)N)NC(=O)[C@H](CCCN=C(N)N)NC(=O)[C@H](Cc2ccc3ccccc3c2)NC(=O)CNC(=O)[C@H]1Cc1ccc(O)cc1. The normalized spacial score (nSPS) is 20.1. The molecule has 1 heterocycles. The lowest BCUT2D eigenvalue weighted by atomic mass is 10.0. The maximum atomic E-state index is 14.2. The summed E-state index contributed by atoms with van der Waals surface area (Å²) >= 11 is 0. The number of benzene rings is 3. The standard InChI is InChI=1S/C37H49N11O6/c1-48-30(20-22-11-14-26(49)15-12-22)34(53)44-21-31(50)45-29(19-23-10-13-24-6-2-3-7-25(24)18-23)33(52)46-27(8-4-16-42-36(38)39)32(51)47-28(35(48)54)9-5-17-43-37(40)41/h2-3,6-7,10-15,18,27-30,49H,4-5,8-9,16-17,19-21H2,1H3,(H,44,53)(H,45,50)(H,46,52)(H,47,51)(H4,38,39,42)(H4,40,41,43)/t27-,28+,29-,30+/m0/s1. The molecule has 4 atom stereocenters. The second-order valence-corrected chi connectivity index (χ2v) is 13.1. The van der Waals surface area contributed by atoms with Crippen LogP contribution >= 0.6 is 0 Å². The fourth-order valence-electron chi connectivity index (χ4n) is 6.08. The molecule has 0 aliphatic carbocycles. The number of nitrogens with one attached hydrogen (secondary N) is 4. The maximum absolute atomic E-state index is 14.2. The molecule has 1 saturated heterocycles. The molecule has 17 nitrogen and oxygen atoms in total. The summed E-state index contributed by atoms with van der Waals surface area (Å²) in [4.78, 5) is 78.5. The van der Waals surface area contributed by atoms with Crippen molar-refractivity contribution in [3.8, 4) is 5.75 Å². The summed E-state index contributed by atoms with van der Waals surface area (Å²) in [5, 5.41) is 22.6. The van der Waals surface area contributed by atoms with Crippen LogP contribution in [0.3, 0.4) is 0 Å². The first kappa shape index (κ1) is 40.4. The lowest BCUT2D eigenvalue weighted by Gasteiger charge is -2.31. The highest BCUT2D eigenvalue weighted by molar-refractivity contribution is 5.97. The zero-order chi connectivity index (χ0) is 39.2. The first-order chi connectivity index (χ1) is 25.8. The molecular weight excluding hydrogens is 694 g/mol. The van der Waals surface area contributed by atoms with E-state index < -0.39 is 60.2 Å². The van der Waals surface area contributed by atoms with Crippen molar-refractivity contribution >= 4 is 52.2 Å². The van der Waals surface area contributed by atoms with Gasteiger partial charge in [0, 0.05) is 33.0 Å². The number of amides is 5. The quantitative estimate of drug-likeness (QED) is 0.0610. The monoisotopic (exact) mass is 743 g/mol. The van der Waals surface area contributed by atoms with Crippen LogP contribution in [0.1, 0.15) is 36.8 Å². The number of aromatic hydroxyl groups is 1. The second-order valence-electron chi connectivity index (χ2n) is 13.1. The average molecular weight is 744 g/mol. The summed E-state index contributed by atoms with van der Waals surface area (Å²) in [6, 6.07) is 14.9. The lowest BCUT2D eigenvalue weighted by molar-refractivity contribution is -0.142. The van der Waals surface area contributed by atoms with Gasteiger partial charge in [0.25, 0.3) is 0 Å². The maximum Gasteiger partial charge on any atom is 0.245 e. The number of guanidine groups is 2. The van der Waals surface area contributed by atoms with Crippen molar-refractivity contribution in [1.82, 2.24) is 26.2 Å². The second kappa shape index (κ2) is 19.4. The van der Waals surface area contributed by atoms with Gasteiger partial charge < -0.3 is 54.2 Å². The molecule has 0 unspecified atom stereocenters. The van der Waals surface area contributed by atoms with E-state index in [1.165, 1.54) is 24.1 Å². The first-order valence-corrected chi connectivity index (χ1v) is 17.6. The van der Waals surface area contributed by atoms with Gasteiger partial charge in [-0.3, -0.25) is 34.0 Å². The van der Waals surface area contributed by atoms with E-state index in [1.54, 1.807) is 12.1 Å². The highest BCUT2D eigenvalue weighted by atomic mass is 16.3. The number of hydrogen-bond donors (Lipinski definition) is 9. The average Bonchev–Trinajstić information content (AvgIpc) is 3.14. The van der Waals surface area contributed by atoms with Crippen molar-refractivity contribution in [1.29, 1.82) is 0 Å². The topological polar surface area (TPSA) is 286 Å². The molecular formula is C37H49N11O6. The van der Waals surface area contributed by atoms with E-state index in [9.17, 15) is 29.1 Å². The molecule has 1 fully saturated rings. The molecule has 0 aromatic heterocycles. The Kier molecular flexibility index (Phi) is 14.5. The van der Waals surface area contributed by atoms with Crippen molar-refractivity contribution in [3.63, 3.8) is 0 Å². The van der Waals surface area contributed by atoms with Gasteiger partial charge in [-0.15, -0.1) is 0 Å². The largest absolute Gasteiger partial charge is 0.508 e. The Hall–Kier alpha value is -6.39. The Bertz CT molecular complexity index is 1860. The Balaban J connectivity index is 1.71. The zero-order valence-corrected chi connectivity index (χ0v) is 30.2. The third kappa shape index (κ3) is 12.1. The highest BCUT2D eigenvalue weighted by Crippen LogP contribution is 2.18. The molecule has 4 rings (SSSR count). The number of aliphatic imine (C=N–C) groups is 2. The van der Waals surface area contributed by atoms with Crippen molar-refractivity contribution < 1.29 is 29.1 Å². The minimum absolute atomic E-state index is 0.0166. The van der Waals surface area contributed by atoms with E-state index in [0.29, 0.717) is 5.56 Å². The summed E-state index contributed by atoms with van der Waals surface area (Å²) in [5.41, 5.74) is 23.3. The van der Waals surface area contributed by atoms with Crippen molar-refractivity contribution in [2.75, 3.05) is 26.7 Å². The smallest absolute Gasteiger partial charge is 0.245 e. The zero-order valence-electron chi connectivity index (χ0n) is 30.2. The van der Waals surface area contributed by atoms with Crippen LogP contribution in [0.4, 0.5) is 0 Å². The molecule has 13 N–H and O–H groups in total. The Morgan fingerprint density at radius 1 is 0.704 bits per heavy atom. The van der Waals surface area contributed by atoms with Crippen LogP contribution < -0.4 is 44.2 Å². The van der Waals surface area contributed by atoms with Crippen LogP contribution in [-0.4, -0.2) is 102 Å². The van der Waals surface area contributed by atoms with E-state index in [1.807, 2.05) is 42.5 Å². The third-order valence-corrected chi connectivity index (χ3v) is 8.95. The van der Waals surface area contributed by atoms with Gasteiger partial charge in [0.1, 0.15) is 29.9 Å². The summed E-state index contributed by atoms with van der Waals surface area (Å²) in [5.74, 6) is -3.51. The number of nitrogens with two attached hydrogens (primary N) is 4. The Morgan fingerprint density at radius 2 is 1.28 bits per heavy atom. The van der Waals surface area contributed by atoms with Crippen LogP contribution in [0, 0.1) is 0 Å². The van der Waals surface area contributed by atoms with Crippen molar-refractivity contribution in [3.05, 3.63) is 77.9 Å². The van der Waals surface area contributed by atoms with Crippen LogP contribution in [0.15, 0.2) is 76.7 Å². The minimum atomic E-state index is -1.17. The van der Waals surface area contributed by atoms with E-state index in [2.05, 4.69) is 31.3 Å². The summed E-state index contributed by atoms with van der Waals surface area (Å²) < 4.78 is 0. The molecule has 0 radical (unpaired) electrons. The van der Waals surface area contributed by atoms with Crippen LogP contribution in [0.5, 0.6) is 5.75 Å². The molecule has 288 valence electrons. The van der Waals surface area contributed by atoms with Crippen LogP contribution in [-0.2, 0) is 36.8 Å². The Morgan fingerprint density at radius 3 is 1.93 bits per heavy atom. The molecule has 17 heteroatoms. The molecule has 0 saturated carbocycles. The number of carbonyl (C=O) groups is 5. The summed E-state index contributed by atoms with van der Waals surface area (Å²) in [6.45, 7) is -0.183. The van der Waals surface area contributed by atoms with Gasteiger partial charge in [0.05, 0.1) is 6.54 Å². The van der Waals surface area contributed by atoms with E-state index >= 15 is 0 Å². The number of phenols is 1. The van der Waals surface area contributed by atoms with Gasteiger partial charge in [0.2, 0.25) is 29.5 Å². The molecule has 1 aliphatic heterocycles. The summed E-state index contributed by atoms with van der Waals surface area (Å²) in [6.07, 6.45) is 0.816. The number of phenolic OH excluding ortho intramolecular Hbond substituents is 1. The molecule has 0 bridgehead atoms. The number of nitrogens with zero attached hydrogens (tertiary/aromatic N) is 3. The highest BCUT2D eigenvalue weighted by Gasteiger charge is 2.35. The Labute approximate surface area is 313 Å². The molecule has 3 aromatic carbocycles. The predicted octanol–water partition coefficient (Wildman–Crippen LogP) is -1.15. The summed E-state index contributed by atoms with van der Waals surface area (Å²) in [7, 11) is 1.43. The van der Waals surface area contributed by atoms with E-state index in [-0.39, 0.29) is 69.3 Å². The van der Waals surface area contributed by atoms with Crippen LogP contribution in [0.2, 0.25) is 0 Å². The first-order valence-electron chi connectivity index (χ1n) is 17.6. The van der Waals surface area contributed by atoms with Gasteiger partial charge in [-0.25, -0.2) is 0 Å². The molecule has 54 heavy (non-hydrogen) atoms. The number of carbonyl (C=O) groups excluding carboxylic acids is 5. The van der Waals surface area contributed by atoms with Gasteiger partial charge in [-0.05, 0) is 59.7 Å². The minimum Gasteiger partial charge on any atom is -0.508 e. The van der Waals surface area contributed by atoms with E-state index in [0.717, 1.165) is 16.3 Å². The number of rotatable bonds is 12. The number of hydrogen-bond acceptors (Lipinski definition) is 8. The van der Waals surface area contributed by atoms with Gasteiger partial charge in [-0.2, -0.15) is 0 Å². The van der Waals surface area contributed by atoms with Crippen molar-refractivity contribution in [2.24, 2.45) is 32.9 Å². The van der Waals surface area contributed by atoms with Gasteiger partial charge >= 0.3 is 0 Å². The van der Waals surface area contributed by atoms with Crippen molar-refractivity contribution in [2.45, 2.75) is 62.7 Å². The molecule has 1 aliphatic rings. The number of likely N-dealkylation sites (N-methyl/N-ethyl adjacent to an activating group) is 1. The fraction of sp³-hybridized carbons (Fsp3) is 0.378.